The van der Waals surface area contributed by atoms with Crippen molar-refractivity contribution in [1.29, 1.82) is 0 Å². The van der Waals surface area contributed by atoms with Crippen LogP contribution >= 0.6 is 11.3 Å². The van der Waals surface area contributed by atoms with Gasteiger partial charge in [-0.2, -0.15) is 0 Å². The Bertz CT molecular complexity index is 1150. The van der Waals surface area contributed by atoms with Crippen LogP contribution in [0.15, 0.2) is 35.6 Å². The summed E-state index contributed by atoms with van der Waals surface area (Å²) in [5, 5.41) is 0.770. The summed E-state index contributed by atoms with van der Waals surface area (Å²) in [5.74, 6) is 0.0173. The lowest BCUT2D eigenvalue weighted by Crippen LogP contribution is -2.37. The van der Waals surface area contributed by atoms with Gasteiger partial charge in [0, 0.05) is 49.9 Å². The average Bonchev–Trinajstić information content (AvgIpc) is 3.46. The summed E-state index contributed by atoms with van der Waals surface area (Å²) in [6.07, 6.45) is 11.8. The van der Waals surface area contributed by atoms with Crippen molar-refractivity contribution in [2.75, 3.05) is 13.2 Å². The number of aryl methyl sites for hydroxylation is 3. The summed E-state index contributed by atoms with van der Waals surface area (Å²) >= 11 is 1.65. The number of ether oxygens (including phenoxy) is 1. The zero-order valence-corrected chi connectivity index (χ0v) is 19.0. The summed E-state index contributed by atoms with van der Waals surface area (Å²) in [6.45, 7) is 2.15. The van der Waals surface area contributed by atoms with E-state index in [4.69, 9.17) is 4.74 Å². The van der Waals surface area contributed by atoms with E-state index in [1.165, 1.54) is 16.9 Å². The Labute approximate surface area is 191 Å². The maximum absolute atomic E-state index is 13.2. The zero-order chi connectivity index (χ0) is 21.9. The van der Waals surface area contributed by atoms with Gasteiger partial charge in [0.05, 0.1) is 17.8 Å². The second kappa shape index (κ2) is 9.50. The third kappa shape index (κ3) is 4.47. The van der Waals surface area contributed by atoms with E-state index < -0.39 is 0 Å². The summed E-state index contributed by atoms with van der Waals surface area (Å²) in [7, 11) is 0. The Morgan fingerprint density at radius 1 is 1.28 bits per heavy atom. The molecule has 1 saturated heterocycles. The number of aromatic nitrogens is 3. The molecule has 3 aromatic heterocycles. The molecule has 32 heavy (non-hydrogen) atoms. The predicted octanol–water partition coefficient (Wildman–Crippen LogP) is 3.33. The van der Waals surface area contributed by atoms with Gasteiger partial charge < -0.3 is 9.64 Å². The normalized spacial score (nSPS) is 18.1. The van der Waals surface area contributed by atoms with Crippen LogP contribution in [0.3, 0.4) is 0 Å². The van der Waals surface area contributed by atoms with Crippen LogP contribution in [0.25, 0.3) is 10.2 Å². The van der Waals surface area contributed by atoms with E-state index in [-0.39, 0.29) is 24.0 Å². The molecule has 0 aromatic carbocycles. The number of fused-ring (bicyclic) bond motifs is 3. The van der Waals surface area contributed by atoms with Gasteiger partial charge in [0.2, 0.25) is 5.91 Å². The molecular weight excluding hydrogens is 424 g/mol. The SMILES string of the molecule is O=C(CCn1cnc2sc3c(c2c1=O)CCCC3)N(Cc1cccnc1)CC1CCCO1. The number of hydrogen-bond donors (Lipinski definition) is 0. The largest absolute Gasteiger partial charge is 0.376 e. The van der Waals surface area contributed by atoms with Crippen molar-refractivity contribution in [3.63, 3.8) is 0 Å². The van der Waals surface area contributed by atoms with Crippen LogP contribution in [0.1, 0.15) is 48.1 Å². The van der Waals surface area contributed by atoms with E-state index in [2.05, 4.69) is 9.97 Å². The van der Waals surface area contributed by atoms with Crippen LogP contribution in [-0.2, 0) is 35.5 Å². The van der Waals surface area contributed by atoms with Gasteiger partial charge in [-0.1, -0.05) is 6.07 Å². The van der Waals surface area contributed by atoms with E-state index >= 15 is 0 Å². The van der Waals surface area contributed by atoms with Gasteiger partial charge in [0.1, 0.15) is 4.83 Å². The smallest absolute Gasteiger partial charge is 0.262 e. The van der Waals surface area contributed by atoms with Gasteiger partial charge in [-0.05, 0) is 55.7 Å². The van der Waals surface area contributed by atoms with Crippen molar-refractivity contribution in [3.05, 3.63) is 57.2 Å². The molecular formula is C24H28N4O3S. The fraction of sp³-hybridized carbons (Fsp3) is 0.500. The highest BCUT2D eigenvalue weighted by atomic mass is 32.1. The van der Waals surface area contributed by atoms with Crippen molar-refractivity contribution in [2.45, 2.75) is 64.1 Å². The Balaban J connectivity index is 1.32. The second-order valence-corrected chi connectivity index (χ2v) is 9.74. The molecule has 1 amide bonds. The Morgan fingerprint density at radius 3 is 3.00 bits per heavy atom. The first-order chi connectivity index (χ1) is 15.7. The summed E-state index contributed by atoms with van der Waals surface area (Å²) in [6, 6.07) is 3.86. The third-order valence-electron chi connectivity index (χ3n) is 6.41. The highest BCUT2D eigenvalue weighted by molar-refractivity contribution is 7.18. The van der Waals surface area contributed by atoms with Crippen molar-refractivity contribution in [3.8, 4) is 0 Å². The molecule has 5 rings (SSSR count). The molecule has 0 spiro atoms. The Hall–Kier alpha value is -2.58. The molecule has 3 aromatic rings. The Kier molecular flexibility index (Phi) is 6.32. The molecule has 0 radical (unpaired) electrons. The predicted molar refractivity (Wildman–Crippen MR) is 124 cm³/mol. The number of rotatable bonds is 7. The van der Waals surface area contributed by atoms with Crippen LogP contribution in [-0.4, -0.2) is 44.6 Å². The monoisotopic (exact) mass is 452 g/mol. The number of carbonyl (C=O) groups is 1. The number of nitrogens with zero attached hydrogens (tertiary/aromatic N) is 4. The van der Waals surface area contributed by atoms with E-state index in [1.54, 1.807) is 34.6 Å². The van der Waals surface area contributed by atoms with Crippen LogP contribution in [0, 0.1) is 0 Å². The van der Waals surface area contributed by atoms with Crippen LogP contribution in [0.5, 0.6) is 0 Å². The highest BCUT2D eigenvalue weighted by Crippen LogP contribution is 2.33. The second-order valence-electron chi connectivity index (χ2n) is 8.65. The topological polar surface area (TPSA) is 77.3 Å². The molecule has 1 atom stereocenters. The molecule has 168 valence electrons. The molecule has 4 heterocycles. The molecule has 1 unspecified atom stereocenters. The fourth-order valence-electron chi connectivity index (χ4n) is 4.72. The van der Waals surface area contributed by atoms with Gasteiger partial charge in [0.15, 0.2) is 0 Å². The maximum atomic E-state index is 13.2. The molecule has 1 fully saturated rings. The van der Waals surface area contributed by atoms with E-state index in [0.717, 1.165) is 54.5 Å². The van der Waals surface area contributed by atoms with E-state index in [9.17, 15) is 9.59 Å². The molecule has 0 N–H and O–H groups in total. The van der Waals surface area contributed by atoms with Gasteiger partial charge in [-0.25, -0.2) is 4.98 Å². The lowest BCUT2D eigenvalue weighted by atomic mass is 9.97. The minimum Gasteiger partial charge on any atom is -0.376 e. The molecule has 0 bridgehead atoms. The number of amides is 1. The van der Waals surface area contributed by atoms with Crippen LogP contribution in [0.4, 0.5) is 0 Å². The van der Waals surface area contributed by atoms with Crippen molar-refractivity contribution in [1.82, 2.24) is 19.4 Å². The van der Waals surface area contributed by atoms with Crippen molar-refractivity contribution >= 4 is 27.5 Å². The van der Waals surface area contributed by atoms with Crippen molar-refractivity contribution in [2.24, 2.45) is 0 Å². The lowest BCUT2D eigenvalue weighted by molar-refractivity contribution is -0.133. The highest BCUT2D eigenvalue weighted by Gasteiger charge is 2.24. The van der Waals surface area contributed by atoms with Gasteiger partial charge in [0.25, 0.3) is 5.56 Å². The van der Waals surface area contributed by atoms with E-state index in [1.807, 2.05) is 17.0 Å². The van der Waals surface area contributed by atoms with Gasteiger partial charge in [-0.3, -0.25) is 19.1 Å². The maximum Gasteiger partial charge on any atom is 0.262 e. The molecule has 8 heteroatoms. The number of hydrogen-bond acceptors (Lipinski definition) is 6. The first-order valence-electron chi connectivity index (χ1n) is 11.5. The standard InChI is InChI=1S/C24H28N4O3S/c29-21(28(15-18-6-4-12-31-18)14-17-5-3-10-25-13-17)9-11-27-16-26-23-22(24(27)30)19-7-1-2-8-20(19)32-23/h3,5,10,13,16,18H,1-2,4,6-9,11-12,14-15H2. The fourth-order valence-corrected chi connectivity index (χ4v) is 5.93. The lowest BCUT2D eigenvalue weighted by Gasteiger charge is -2.25. The van der Waals surface area contributed by atoms with Crippen LogP contribution < -0.4 is 5.56 Å². The van der Waals surface area contributed by atoms with Crippen molar-refractivity contribution < 1.29 is 9.53 Å². The average molecular weight is 453 g/mol. The number of thiophene rings is 1. The Morgan fingerprint density at radius 2 is 2.19 bits per heavy atom. The quantitative estimate of drug-likeness (QED) is 0.550. The summed E-state index contributed by atoms with van der Waals surface area (Å²) in [4.78, 5) is 39.1. The molecule has 7 nitrogen and oxygen atoms in total. The minimum absolute atomic E-state index is 0.0138. The number of carbonyl (C=O) groups excluding carboxylic acids is 1. The van der Waals surface area contributed by atoms with E-state index in [0.29, 0.717) is 19.6 Å². The minimum atomic E-state index is -0.0138. The molecule has 0 saturated carbocycles. The zero-order valence-electron chi connectivity index (χ0n) is 18.2. The van der Waals surface area contributed by atoms with Crippen LogP contribution in [0.2, 0.25) is 0 Å². The van der Waals surface area contributed by atoms with Gasteiger partial charge >= 0.3 is 0 Å². The summed E-state index contributed by atoms with van der Waals surface area (Å²) in [5.41, 5.74) is 2.16. The summed E-state index contributed by atoms with van der Waals surface area (Å²) < 4.78 is 7.38. The first-order valence-corrected chi connectivity index (χ1v) is 12.3. The third-order valence-corrected chi connectivity index (χ3v) is 7.61. The number of pyridine rings is 1. The molecule has 2 aliphatic rings. The molecule has 1 aliphatic heterocycles. The molecule has 1 aliphatic carbocycles. The van der Waals surface area contributed by atoms with Gasteiger partial charge in [-0.15, -0.1) is 11.3 Å². The first kappa shape index (κ1) is 21.3.